The molecule has 5 nitrogen and oxygen atoms in total. The van der Waals surface area contributed by atoms with Gasteiger partial charge in [-0.1, -0.05) is 51.4 Å². The molecule has 0 unspecified atom stereocenters. The van der Waals surface area contributed by atoms with Crippen LogP contribution in [0.25, 0.3) is 0 Å². The molecule has 0 atom stereocenters. The minimum absolute atomic E-state index is 0.120. The lowest BCUT2D eigenvalue weighted by molar-refractivity contribution is -0.144. The molecule has 0 saturated heterocycles. The molecule has 0 aromatic carbocycles. The van der Waals surface area contributed by atoms with E-state index in [4.69, 9.17) is 14.9 Å². The molecule has 0 heterocycles. The number of aliphatic carboxylic acids is 1. The second-order valence-corrected chi connectivity index (χ2v) is 6.08. The van der Waals surface area contributed by atoms with Crippen molar-refractivity contribution in [2.24, 2.45) is 0 Å². The van der Waals surface area contributed by atoms with E-state index in [0.717, 1.165) is 25.7 Å². The Morgan fingerprint density at radius 3 is 1.65 bits per heavy atom. The number of carbonyl (C=O) groups excluding carboxylic acids is 1. The Labute approximate surface area is 140 Å². The minimum Gasteiger partial charge on any atom is -0.481 e. The highest BCUT2D eigenvalue weighted by Gasteiger charge is 2.03. The fourth-order valence-corrected chi connectivity index (χ4v) is 2.43. The maximum atomic E-state index is 11.4. The average molecular weight is 330 g/mol. The largest absolute Gasteiger partial charge is 0.481 e. The zero-order valence-corrected chi connectivity index (χ0v) is 14.4. The molecular formula is C18H34O5. The summed E-state index contributed by atoms with van der Waals surface area (Å²) < 4.78 is 5.12. The van der Waals surface area contributed by atoms with Crippen LogP contribution in [0.2, 0.25) is 0 Å². The highest BCUT2D eigenvalue weighted by atomic mass is 16.5. The summed E-state index contributed by atoms with van der Waals surface area (Å²) >= 11 is 0. The Hall–Kier alpha value is -1.10. The maximum absolute atomic E-state index is 11.4. The molecule has 0 rings (SSSR count). The lowest BCUT2D eigenvalue weighted by Gasteiger charge is -2.05. The number of carboxylic acid groups (broad SMARTS) is 1. The number of carboxylic acids is 1. The Morgan fingerprint density at radius 1 is 0.652 bits per heavy atom. The van der Waals surface area contributed by atoms with E-state index in [-0.39, 0.29) is 12.4 Å². The molecule has 0 fully saturated rings. The van der Waals surface area contributed by atoms with E-state index in [1.807, 2.05) is 0 Å². The number of rotatable bonds is 17. The first kappa shape index (κ1) is 21.9. The van der Waals surface area contributed by atoms with Gasteiger partial charge in [0.2, 0.25) is 0 Å². The molecule has 0 spiro atoms. The van der Waals surface area contributed by atoms with E-state index in [0.29, 0.717) is 32.5 Å². The van der Waals surface area contributed by atoms with E-state index < -0.39 is 5.97 Å². The molecule has 2 N–H and O–H groups in total. The van der Waals surface area contributed by atoms with Crippen molar-refractivity contribution in [3.05, 3.63) is 0 Å². The third-order valence-corrected chi connectivity index (χ3v) is 3.84. The topological polar surface area (TPSA) is 83.8 Å². The second-order valence-electron chi connectivity index (χ2n) is 6.08. The van der Waals surface area contributed by atoms with Gasteiger partial charge in [0, 0.05) is 19.4 Å². The Balaban J connectivity index is 3.14. The van der Waals surface area contributed by atoms with Gasteiger partial charge in [-0.2, -0.15) is 0 Å². The highest BCUT2D eigenvalue weighted by molar-refractivity contribution is 5.69. The second kappa shape index (κ2) is 17.3. The molecule has 0 aliphatic carbocycles. The third kappa shape index (κ3) is 18.9. The third-order valence-electron chi connectivity index (χ3n) is 3.84. The molecule has 0 radical (unpaired) electrons. The first-order valence-corrected chi connectivity index (χ1v) is 9.15. The molecule has 0 aliphatic rings. The van der Waals surface area contributed by atoms with Gasteiger partial charge in [0.05, 0.1) is 6.61 Å². The summed E-state index contributed by atoms with van der Waals surface area (Å²) in [5, 5.41) is 17.1. The normalized spacial score (nSPS) is 10.7. The Morgan fingerprint density at radius 2 is 1.13 bits per heavy atom. The monoisotopic (exact) mass is 330 g/mol. The van der Waals surface area contributed by atoms with Crippen LogP contribution in [-0.2, 0) is 14.3 Å². The Kier molecular flexibility index (Phi) is 16.4. The van der Waals surface area contributed by atoms with E-state index in [9.17, 15) is 9.59 Å². The van der Waals surface area contributed by atoms with Crippen molar-refractivity contribution < 1.29 is 24.5 Å². The van der Waals surface area contributed by atoms with E-state index in [2.05, 4.69) is 0 Å². The SMILES string of the molecule is O=C(O)CCCCC(=O)OCCCCCCCCCCCCO. The summed E-state index contributed by atoms with van der Waals surface area (Å²) in [5.74, 6) is -1.03. The first-order chi connectivity index (χ1) is 11.2. The standard InChI is InChI=1S/C18H34O5/c19-15-11-7-5-3-1-2-4-6-8-12-16-23-18(22)14-10-9-13-17(20)21/h19H,1-16H2,(H,20,21). The van der Waals surface area contributed by atoms with Gasteiger partial charge in [-0.05, 0) is 25.7 Å². The fraction of sp³-hybridized carbons (Fsp3) is 0.889. The van der Waals surface area contributed by atoms with Crippen LogP contribution >= 0.6 is 0 Å². The van der Waals surface area contributed by atoms with Crippen molar-refractivity contribution in [3.63, 3.8) is 0 Å². The number of hydrogen-bond acceptors (Lipinski definition) is 4. The predicted molar refractivity (Wildman–Crippen MR) is 90.3 cm³/mol. The number of aliphatic hydroxyl groups excluding tert-OH is 1. The lowest BCUT2D eigenvalue weighted by Crippen LogP contribution is -2.06. The number of carbonyl (C=O) groups is 2. The Bertz CT molecular complexity index is 291. The van der Waals surface area contributed by atoms with Crippen molar-refractivity contribution in [3.8, 4) is 0 Å². The van der Waals surface area contributed by atoms with Gasteiger partial charge < -0.3 is 14.9 Å². The van der Waals surface area contributed by atoms with E-state index in [1.165, 1.54) is 38.5 Å². The first-order valence-electron chi connectivity index (χ1n) is 9.15. The summed E-state index contributed by atoms with van der Waals surface area (Å²) in [7, 11) is 0. The van der Waals surface area contributed by atoms with Gasteiger partial charge >= 0.3 is 11.9 Å². The quantitative estimate of drug-likeness (QED) is 0.310. The van der Waals surface area contributed by atoms with Crippen LogP contribution in [0.5, 0.6) is 0 Å². The zero-order chi connectivity index (χ0) is 17.2. The smallest absolute Gasteiger partial charge is 0.305 e. The van der Waals surface area contributed by atoms with E-state index in [1.54, 1.807) is 0 Å². The predicted octanol–water partition coefficient (Wildman–Crippen LogP) is 4.07. The molecule has 0 aliphatic heterocycles. The molecule has 0 aromatic heterocycles. The highest BCUT2D eigenvalue weighted by Crippen LogP contribution is 2.10. The number of unbranched alkanes of at least 4 members (excludes halogenated alkanes) is 10. The fourth-order valence-electron chi connectivity index (χ4n) is 2.43. The number of ether oxygens (including phenoxy) is 1. The molecule has 0 saturated carbocycles. The molecule has 5 heteroatoms. The molecular weight excluding hydrogens is 296 g/mol. The van der Waals surface area contributed by atoms with Crippen LogP contribution in [0.1, 0.15) is 89.9 Å². The zero-order valence-electron chi connectivity index (χ0n) is 14.4. The van der Waals surface area contributed by atoms with Crippen molar-refractivity contribution in [2.45, 2.75) is 89.9 Å². The van der Waals surface area contributed by atoms with Gasteiger partial charge in [-0.25, -0.2) is 0 Å². The molecule has 136 valence electrons. The van der Waals surface area contributed by atoms with Crippen molar-refractivity contribution in [2.75, 3.05) is 13.2 Å². The van der Waals surface area contributed by atoms with Crippen LogP contribution in [0, 0.1) is 0 Å². The molecule has 0 bridgehead atoms. The maximum Gasteiger partial charge on any atom is 0.305 e. The summed E-state index contributed by atoms with van der Waals surface area (Å²) in [5.41, 5.74) is 0. The lowest BCUT2D eigenvalue weighted by atomic mass is 10.1. The molecule has 23 heavy (non-hydrogen) atoms. The van der Waals surface area contributed by atoms with Crippen LogP contribution in [0.4, 0.5) is 0 Å². The van der Waals surface area contributed by atoms with Crippen LogP contribution in [0.15, 0.2) is 0 Å². The van der Waals surface area contributed by atoms with Crippen molar-refractivity contribution in [1.29, 1.82) is 0 Å². The summed E-state index contributed by atoms with van der Waals surface area (Å²) in [6.07, 6.45) is 13.1. The van der Waals surface area contributed by atoms with Crippen molar-refractivity contribution in [1.82, 2.24) is 0 Å². The summed E-state index contributed by atoms with van der Waals surface area (Å²) in [4.78, 5) is 21.7. The number of aliphatic hydroxyl groups is 1. The van der Waals surface area contributed by atoms with Crippen molar-refractivity contribution >= 4 is 11.9 Å². The van der Waals surface area contributed by atoms with Crippen LogP contribution in [-0.4, -0.2) is 35.4 Å². The summed E-state index contributed by atoms with van der Waals surface area (Å²) in [6.45, 7) is 0.797. The van der Waals surface area contributed by atoms with E-state index >= 15 is 0 Å². The van der Waals surface area contributed by atoms with Crippen LogP contribution < -0.4 is 0 Å². The van der Waals surface area contributed by atoms with Gasteiger partial charge in [0.1, 0.15) is 0 Å². The summed E-state index contributed by atoms with van der Waals surface area (Å²) in [6, 6.07) is 0. The minimum atomic E-state index is -0.816. The van der Waals surface area contributed by atoms with Gasteiger partial charge in [0.25, 0.3) is 0 Å². The number of esters is 1. The molecule has 0 amide bonds. The number of hydrogen-bond donors (Lipinski definition) is 2. The van der Waals surface area contributed by atoms with Gasteiger partial charge in [-0.3, -0.25) is 9.59 Å². The van der Waals surface area contributed by atoms with Gasteiger partial charge in [-0.15, -0.1) is 0 Å². The van der Waals surface area contributed by atoms with Crippen LogP contribution in [0.3, 0.4) is 0 Å². The average Bonchev–Trinajstić information content (AvgIpc) is 2.52. The van der Waals surface area contributed by atoms with Gasteiger partial charge in [0.15, 0.2) is 0 Å². The molecule has 0 aromatic rings.